The number of sulfone groups is 1. The fraction of sp³-hybridized carbons (Fsp3) is 0.312. The predicted molar refractivity (Wildman–Crippen MR) is 98.4 cm³/mol. The summed E-state index contributed by atoms with van der Waals surface area (Å²) < 4.78 is 61.4. The number of rotatable bonds is 6. The third-order valence-corrected chi connectivity index (χ3v) is 9.26. The summed E-state index contributed by atoms with van der Waals surface area (Å²) in [5.41, 5.74) is 0. The molecule has 0 radical (unpaired) electrons. The number of nitrogens with zero attached hydrogens (tertiary/aromatic N) is 1. The summed E-state index contributed by atoms with van der Waals surface area (Å²) in [4.78, 5) is 11.6. The van der Waals surface area contributed by atoms with Crippen LogP contribution in [0.2, 0.25) is 0 Å². The molecule has 1 saturated heterocycles. The predicted octanol–water partition coefficient (Wildman–Crippen LogP) is 1.39. The molecular weight excluding hydrogens is 414 g/mol. The Bertz CT molecular complexity index is 1050. The van der Waals surface area contributed by atoms with Gasteiger partial charge in [0.15, 0.2) is 9.84 Å². The fourth-order valence-corrected chi connectivity index (χ4v) is 7.31. The quantitative estimate of drug-likeness (QED) is 0.636. The first-order valence-electron chi connectivity index (χ1n) is 7.75. The largest absolute Gasteiger partial charge is 0.497 e. The molecule has 11 heteroatoms. The number of ether oxygens (including phenoxy) is 2. The van der Waals surface area contributed by atoms with Gasteiger partial charge in [-0.2, -0.15) is 4.31 Å². The van der Waals surface area contributed by atoms with Gasteiger partial charge in [0.2, 0.25) is 10.0 Å². The first-order chi connectivity index (χ1) is 12.7. The third-order valence-electron chi connectivity index (χ3n) is 4.26. The normalized spacial score (nSPS) is 15.9. The standard InChI is InChI=1S/C16H17NO7S3/c1-23-11-3-5-12(6-4-11)26(19,20)13-9-17(10-13)27(21,22)14-7-8-25-15(14)16(18)24-2/h3-8,13H,9-10H2,1-2H3. The van der Waals surface area contributed by atoms with Crippen LogP contribution in [0.15, 0.2) is 45.5 Å². The number of carbonyl (C=O) groups is 1. The van der Waals surface area contributed by atoms with Gasteiger partial charge >= 0.3 is 5.97 Å². The number of benzene rings is 1. The smallest absolute Gasteiger partial charge is 0.349 e. The minimum Gasteiger partial charge on any atom is -0.497 e. The maximum absolute atomic E-state index is 12.7. The molecule has 0 unspecified atom stereocenters. The summed E-state index contributed by atoms with van der Waals surface area (Å²) in [6.07, 6.45) is 0. The molecule has 0 bridgehead atoms. The molecule has 1 fully saturated rings. The van der Waals surface area contributed by atoms with E-state index in [2.05, 4.69) is 4.74 Å². The minimum atomic E-state index is -3.97. The van der Waals surface area contributed by atoms with Crippen LogP contribution in [0.4, 0.5) is 0 Å². The first kappa shape index (κ1) is 19.8. The molecule has 0 atom stereocenters. The molecule has 0 saturated carbocycles. The molecule has 0 aliphatic carbocycles. The molecular formula is C16H17NO7S3. The van der Waals surface area contributed by atoms with Crippen molar-refractivity contribution in [2.75, 3.05) is 27.3 Å². The number of esters is 1. The van der Waals surface area contributed by atoms with Gasteiger partial charge in [0.05, 0.1) is 24.4 Å². The second kappa shape index (κ2) is 7.23. The molecule has 0 amide bonds. The van der Waals surface area contributed by atoms with Gasteiger partial charge in [-0.25, -0.2) is 21.6 Å². The average Bonchev–Trinajstić information content (AvgIpc) is 3.10. The lowest BCUT2D eigenvalue weighted by atomic mass is 10.3. The van der Waals surface area contributed by atoms with E-state index in [4.69, 9.17) is 4.74 Å². The summed E-state index contributed by atoms with van der Waals surface area (Å²) in [6, 6.07) is 7.25. The maximum atomic E-state index is 12.7. The minimum absolute atomic E-state index is 0.0287. The van der Waals surface area contributed by atoms with Crippen molar-refractivity contribution in [1.29, 1.82) is 0 Å². The van der Waals surface area contributed by atoms with Gasteiger partial charge in [0.25, 0.3) is 0 Å². The van der Waals surface area contributed by atoms with E-state index in [0.717, 1.165) is 15.6 Å². The van der Waals surface area contributed by atoms with Gasteiger partial charge in [-0.05, 0) is 35.7 Å². The van der Waals surface area contributed by atoms with Gasteiger partial charge in [0.1, 0.15) is 15.5 Å². The number of hydrogen-bond acceptors (Lipinski definition) is 8. The lowest BCUT2D eigenvalue weighted by Crippen LogP contribution is -2.56. The van der Waals surface area contributed by atoms with Crippen LogP contribution in [0, 0.1) is 0 Å². The number of hydrogen-bond donors (Lipinski definition) is 0. The van der Waals surface area contributed by atoms with E-state index in [1.54, 1.807) is 0 Å². The topological polar surface area (TPSA) is 107 Å². The van der Waals surface area contributed by atoms with E-state index in [-0.39, 0.29) is 27.8 Å². The Morgan fingerprint density at radius 2 is 1.70 bits per heavy atom. The monoisotopic (exact) mass is 431 g/mol. The maximum Gasteiger partial charge on any atom is 0.349 e. The van der Waals surface area contributed by atoms with E-state index in [1.165, 1.54) is 49.9 Å². The van der Waals surface area contributed by atoms with Crippen LogP contribution < -0.4 is 4.74 Å². The van der Waals surface area contributed by atoms with Crippen LogP contribution in [-0.4, -0.2) is 59.7 Å². The molecule has 1 aromatic carbocycles. The van der Waals surface area contributed by atoms with Gasteiger partial charge in [0, 0.05) is 13.1 Å². The highest BCUT2D eigenvalue weighted by molar-refractivity contribution is 7.92. The Kier molecular flexibility index (Phi) is 5.30. The van der Waals surface area contributed by atoms with E-state index >= 15 is 0 Å². The molecule has 146 valence electrons. The van der Waals surface area contributed by atoms with Crippen molar-refractivity contribution < 1.29 is 31.1 Å². The SMILES string of the molecule is COC(=O)c1sccc1S(=O)(=O)N1CC(S(=O)(=O)c2ccc(OC)cc2)C1. The van der Waals surface area contributed by atoms with Crippen LogP contribution >= 0.6 is 11.3 Å². The fourth-order valence-electron chi connectivity index (χ4n) is 2.63. The zero-order valence-corrected chi connectivity index (χ0v) is 16.9. The molecule has 2 heterocycles. The van der Waals surface area contributed by atoms with E-state index in [0.29, 0.717) is 5.75 Å². The Morgan fingerprint density at radius 3 is 2.26 bits per heavy atom. The summed E-state index contributed by atoms with van der Waals surface area (Å²) >= 11 is 0.957. The van der Waals surface area contributed by atoms with Crippen molar-refractivity contribution in [2.45, 2.75) is 15.0 Å². The van der Waals surface area contributed by atoms with Crippen molar-refractivity contribution in [3.05, 3.63) is 40.6 Å². The summed E-state index contributed by atoms with van der Waals surface area (Å²) in [7, 11) is -5.00. The van der Waals surface area contributed by atoms with Crippen molar-refractivity contribution in [1.82, 2.24) is 4.31 Å². The van der Waals surface area contributed by atoms with Crippen molar-refractivity contribution in [2.24, 2.45) is 0 Å². The Labute approximate surface area is 161 Å². The number of thiophene rings is 1. The molecule has 0 N–H and O–H groups in total. The summed E-state index contributed by atoms with van der Waals surface area (Å²) in [5.74, 6) is -0.217. The second-order valence-corrected chi connectivity index (χ2v) is 10.8. The van der Waals surface area contributed by atoms with E-state index < -0.39 is 31.1 Å². The molecule has 1 aliphatic heterocycles. The van der Waals surface area contributed by atoms with E-state index in [1.807, 2.05) is 0 Å². The van der Waals surface area contributed by atoms with Crippen LogP contribution in [0.25, 0.3) is 0 Å². The number of carbonyl (C=O) groups excluding carboxylic acids is 1. The highest BCUT2D eigenvalue weighted by Gasteiger charge is 2.45. The lowest BCUT2D eigenvalue weighted by molar-refractivity contribution is 0.0602. The Balaban J connectivity index is 1.78. The van der Waals surface area contributed by atoms with Crippen molar-refractivity contribution in [3.63, 3.8) is 0 Å². The molecule has 27 heavy (non-hydrogen) atoms. The third kappa shape index (κ3) is 3.47. The molecule has 1 aromatic heterocycles. The molecule has 0 spiro atoms. The molecule has 2 aromatic rings. The van der Waals surface area contributed by atoms with Gasteiger partial charge in [-0.15, -0.1) is 11.3 Å². The first-order valence-corrected chi connectivity index (χ1v) is 11.6. The summed E-state index contributed by atoms with van der Waals surface area (Å²) in [6.45, 7) is -0.347. The zero-order valence-electron chi connectivity index (χ0n) is 14.5. The van der Waals surface area contributed by atoms with Crippen LogP contribution in [0.3, 0.4) is 0 Å². The zero-order chi connectivity index (χ0) is 19.8. The van der Waals surface area contributed by atoms with Crippen LogP contribution in [-0.2, 0) is 24.6 Å². The van der Waals surface area contributed by atoms with Crippen molar-refractivity contribution >= 4 is 37.2 Å². The lowest BCUT2D eigenvalue weighted by Gasteiger charge is -2.37. The van der Waals surface area contributed by atoms with E-state index in [9.17, 15) is 21.6 Å². The van der Waals surface area contributed by atoms with Crippen LogP contribution in [0.5, 0.6) is 5.75 Å². The van der Waals surface area contributed by atoms with Gasteiger partial charge in [-0.3, -0.25) is 0 Å². The Morgan fingerprint density at radius 1 is 1.07 bits per heavy atom. The summed E-state index contributed by atoms with van der Waals surface area (Å²) in [5, 5.41) is 0.630. The van der Waals surface area contributed by atoms with Crippen molar-refractivity contribution in [3.8, 4) is 5.75 Å². The van der Waals surface area contributed by atoms with Crippen LogP contribution in [0.1, 0.15) is 9.67 Å². The second-order valence-electron chi connectivity index (χ2n) is 5.77. The van der Waals surface area contributed by atoms with Gasteiger partial charge < -0.3 is 9.47 Å². The average molecular weight is 432 g/mol. The molecule has 3 rings (SSSR count). The Hall–Kier alpha value is -1.95. The highest BCUT2D eigenvalue weighted by Crippen LogP contribution is 2.32. The molecule has 8 nitrogen and oxygen atoms in total. The number of methoxy groups -OCH3 is 2. The molecule has 1 aliphatic rings. The van der Waals surface area contributed by atoms with Gasteiger partial charge in [-0.1, -0.05) is 0 Å². The highest BCUT2D eigenvalue weighted by atomic mass is 32.2. The number of sulfonamides is 1.